The van der Waals surface area contributed by atoms with Gasteiger partial charge in [0.05, 0.1) is 6.07 Å². The van der Waals surface area contributed by atoms with E-state index in [1.165, 1.54) is 31.3 Å². The molecule has 116 valence electrons. The van der Waals surface area contributed by atoms with Crippen LogP contribution in [-0.4, -0.2) is 19.8 Å². The van der Waals surface area contributed by atoms with Crippen LogP contribution in [0.3, 0.4) is 0 Å². The normalized spacial score (nSPS) is 18.2. The maximum atomic E-state index is 9.42. The molecule has 1 unspecified atom stereocenters. The highest BCUT2D eigenvalue weighted by Crippen LogP contribution is 2.32. The predicted molar refractivity (Wildman–Crippen MR) is 85.0 cm³/mol. The van der Waals surface area contributed by atoms with Crippen molar-refractivity contribution >= 4 is 0 Å². The van der Waals surface area contributed by atoms with E-state index in [9.17, 15) is 5.26 Å². The second-order valence-electron chi connectivity index (χ2n) is 5.78. The fourth-order valence-corrected chi connectivity index (χ4v) is 2.99. The van der Waals surface area contributed by atoms with E-state index in [1.807, 2.05) is 18.2 Å². The van der Waals surface area contributed by atoms with Crippen LogP contribution in [0, 0.1) is 11.3 Å². The zero-order valence-corrected chi connectivity index (χ0v) is 12.8. The second-order valence-corrected chi connectivity index (χ2v) is 5.78. The van der Waals surface area contributed by atoms with Gasteiger partial charge in [-0.3, -0.25) is 5.32 Å². The predicted octanol–water partition coefficient (Wildman–Crippen LogP) is 3.50. The number of allylic oxidation sites excluding steroid dienone is 1. The van der Waals surface area contributed by atoms with Crippen LogP contribution >= 0.6 is 0 Å². The number of fused-ring (bicyclic) bond motifs is 1. The van der Waals surface area contributed by atoms with Crippen LogP contribution in [-0.2, 0) is 0 Å². The second kappa shape index (κ2) is 7.33. The summed E-state index contributed by atoms with van der Waals surface area (Å²) in [4.78, 5) is 0. The Kier molecular flexibility index (Phi) is 4.97. The van der Waals surface area contributed by atoms with E-state index in [2.05, 4.69) is 17.5 Å². The largest absolute Gasteiger partial charge is 0.486 e. The molecule has 4 heteroatoms. The summed E-state index contributed by atoms with van der Waals surface area (Å²) in [6.45, 7) is 1.98. The molecule has 1 aliphatic heterocycles. The Balaban J connectivity index is 1.59. The molecule has 1 atom stereocenters. The summed E-state index contributed by atoms with van der Waals surface area (Å²) in [5, 5.41) is 12.8. The topological polar surface area (TPSA) is 54.3 Å². The van der Waals surface area contributed by atoms with Gasteiger partial charge in [-0.25, -0.2) is 0 Å². The van der Waals surface area contributed by atoms with Crippen molar-refractivity contribution in [3.63, 3.8) is 0 Å². The van der Waals surface area contributed by atoms with E-state index in [-0.39, 0.29) is 6.04 Å². The van der Waals surface area contributed by atoms with Crippen LogP contribution in [0.2, 0.25) is 0 Å². The van der Waals surface area contributed by atoms with Gasteiger partial charge in [-0.1, -0.05) is 17.7 Å². The van der Waals surface area contributed by atoms with Gasteiger partial charge in [0.2, 0.25) is 0 Å². The van der Waals surface area contributed by atoms with E-state index in [0.717, 1.165) is 30.0 Å². The van der Waals surface area contributed by atoms with Crippen LogP contribution in [0.4, 0.5) is 0 Å². The van der Waals surface area contributed by atoms with E-state index in [0.29, 0.717) is 13.2 Å². The Bertz CT molecular complexity index is 589. The van der Waals surface area contributed by atoms with Gasteiger partial charge in [0, 0.05) is 6.54 Å². The quantitative estimate of drug-likeness (QED) is 0.845. The Morgan fingerprint density at radius 1 is 1.18 bits per heavy atom. The van der Waals surface area contributed by atoms with Gasteiger partial charge in [0.1, 0.15) is 19.3 Å². The van der Waals surface area contributed by atoms with Gasteiger partial charge in [-0.15, -0.1) is 0 Å². The molecular weight excluding hydrogens is 276 g/mol. The molecule has 1 N–H and O–H groups in total. The number of nitrogens with zero attached hydrogens (tertiary/aromatic N) is 1. The van der Waals surface area contributed by atoms with Gasteiger partial charge in [0.15, 0.2) is 11.5 Å². The molecule has 0 fully saturated rings. The number of hydrogen-bond donors (Lipinski definition) is 1. The Morgan fingerprint density at radius 3 is 2.82 bits per heavy atom. The number of hydrogen-bond acceptors (Lipinski definition) is 4. The lowest BCUT2D eigenvalue weighted by Crippen LogP contribution is -2.22. The van der Waals surface area contributed by atoms with Crippen LogP contribution in [0.5, 0.6) is 11.5 Å². The fourth-order valence-electron chi connectivity index (χ4n) is 2.99. The fraction of sp³-hybridized carbons (Fsp3) is 0.500. The molecule has 0 spiro atoms. The summed E-state index contributed by atoms with van der Waals surface area (Å²) in [5.41, 5.74) is 2.46. The molecule has 4 nitrogen and oxygen atoms in total. The minimum atomic E-state index is -0.306. The molecule has 2 aliphatic rings. The van der Waals surface area contributed by atoms with Gasteiger partial charge in [-0.05, 0) is 49.8 Å². The first-order chi connectivity index (χ1) is 10.9. The minimum absolute atomic E-state index is 0.306. The van der Waals surface area contributed by atoms with Gasteiger partial charge in [0.25, 0.3) is 0 Å². The van der Waals surface area contributed by atoms with Crippen molar-refractivity contribution in [2.75, 3.05) is 19.8 Å². The standard InChI is InChI=1S/C18H22N2O2/c19-13-16(20-9-8-14-4-2-1-3-5-14)15-6-7-17-18(12-15)22-11-10-21-17/h4,6-7,12,16,20H,1-3,5,8-11H2. The molecule has 0 saturated carbocycles. The Hall–Kier alpha value is -1.99. The summed E-state index contributed by atoms with van der Waals surface area (Å²) in [5.74, 6) is 1.50. The SMILES string of the molecule is N#CC(NCCC1=CCCCC1)c1ccc2c(c1)OCCO2. The van der Waals surface area contributed by atoms with Crippen LogP contribution in [0.1, 0.15) is 43.7 Å². The lowest BCUT2D eigenvalue weighted by atomic mass is 9.97. The number of nitriles is 1. The van der Waals surface area contributed by atoms with Crippen molar-refractivity contribution in [3.8, 4) is 17.6 Å². The zero-order chi connectivity index (χ0) is 15.2. The van der Waals surface area contributed by atoms with Crippen LogP contribution < -0.4 is 14.8 Å². The molecule has 0 aromatic heterocycles. The van der Waals surface area contributed by atoms with Crippen molar-refractivity contribution < 1.29 is 9.47 Å². The number of ether oxygens (including phenoxy) is 2. The first kappa shape index (κ1) is 14.9. The van der Waals surface area contributed by atoms with Crippen molar-refractivity contribution in [1.82, 2.24) is 5.32 Å². The Morgan fingerprint density at radius 2 is 2.05 bits per heavy atom. The molecule has 3 rings (SSSR count). The Labute approximate surface area is 131 Å². The summed E-state index contributed by atoms with van der Waals surface area (Å²) in [7, 11) is 0. The van der Waals surface area contributed by atoms with Gasteiger partial charge in [-0.2, -0.15) is 5.26 Å². The molecule has 0 saturated heterocycles. The van der Waals surface area contributed by atoms with Crippen molar-refractivity contribution in [2.24, 2.45) is 0 Å². The average Bonchev–Trinajstić information content (AvgIpc) is 2.59. The van der Waals surface area contributed by atoms with E-state index < -0.39 is 0 Å². The van der Waals surface area contributed by atoms with Crippen molar-refractivity contribution in [3.05, 3.63) is 35.4 Å². The highest BCUT2D eigenvalue weighted by atomic mass is 16.6. The molecule has 1 aliphatic carbocycles. The van der Waals surface area contributed by atoms with E-state index in [1.54, 1.807) is 0 Å². The number of rotatable bonds is 5. The highest BCUT2D eigenvalue weighted by molar-refractivity contribution is 5.45. The van der Waals surface area contributed by atoms with Gasteiger partial charge >= 0.3 is 0 Å². The molecular formula is C18H22N2O2. The monoisotopic (exact) mass is 298 g/mol. The smallest absolute Gasteiger partial charge is 0.161 e. The molecule has 1 aromatic rings. The van der Waals surface area contributed by atoms with E-state index in [4.69, 9.17) is 9.47 Å². The van der Waals surface area contributed by atoms with Gasteiger partial charge < -0.3 is 9.47 Å². The van der Waals surface area contributed by atoms with Crippen LogP contribution in [0.25, 0.3) is 0 Å². The number of nitrogens with one attached hydrogen (secondary N) is 1. The highest BCUT2D eigenvalue weighted by Gasteiger charge is 2.16. The number of benzene rings is 1. The zero-order valence-electron chi connectivity index (χ0n) is 12.8. The molecule has 0 amide bonds. The minimum Gasteiger partial charge on any atom is -0.486 e. The molecule has 0 radical (unpaired) electrons. The first-order valence-corrected chi connectivity index (χ1v) is 8.07. The summed E-state index contributed by atoms with van der Waals surface area (Å²) in [6, 6.07) is 7.77. The third-order valence-electron chi connectivity index (χ3n) is 4.21. The third kappa shape index (κ3) is 3.61. The molecule has 1 heterocycles. The lowest BCUT2D eigenvalue weighted by molar-refractivity contribution is 0.171. The summed E-state index contributed by atoms with van der Waals surface area (Å²) >= 11 is 0. The lowest BCUT2D eigenvalue weighted by Gasteiger charge is -2.20. The summed E-state index contributed by atoms with van der Waals surface area (Å²) < 4.78 is 11.1. The third-order valence-corrected chi connectivity index (χ3v) is 4.21. The van der Waals surface area contributed by atoms with E-state index >= 15 is 0 Å². The van der Waals surface area contributed by atoms with Crippen molar-refractivity contribution in [2.45, 2.75) is 38.1 Å². The average molecular weight is 298 g/mol. The van der Waals surface area contributed by atoms with Crippen molar-refractivity contribution in [1.29, 1.82) is 5.26 Å². The summed E-state index contributed by atoms with van der Waals surface area (Å²) in [6.07, 6.45) is 8.42. The van der Waals surface area contributed by atoms with Crippen LogP contribution in [0.15, 0.2) is 29.8 Å². The molecule has 22 heavy (non-hydrogen) atoms. The maximum Gasteiger partial charge on any atom is 0.161 e. The first-order valence-electron chi connectivity index (χ1n) is 8.07. The maximum absolute atomic E-state index is 9.42. The molecule has 1 aromatic carbocycles. The molecule has 0 bridgehead atoms.